The van der Waals surface area contributed by atoms with E-state index in [1.165, 1.54) is 0 Å². The van der Waals surface area contributed by atoms with Crippen LogP contribution in [0.4, 0.5) is 0 Å². The molecular formula is C10H12N2O3. The maximum absolute atomic E-state index is 10.7. The summed E-state index contributed by atoms with van der Waals surface area (Å²) < 4.78 is 5.20. The fourth-order valence-corrected chi connectivity index (χ4v) is 0.985. The van der Waals surface area contributed by atoms with E-state index in [9.17, 15) is 9.59 Å². The van der Waals surface area contributed by atoms with Gasteiger partial charge < -0.3 is 16.2 Å². The van der Waals surface area contributed by atoms with Gasteiger partial charge in [0.25, 0.3) is 0 Å². The molecule has 0 saturated heterocycles. The van der Waals surface area contributed by atoms with Crippen molar-refractivity contribution in [2.24, 2.45) is 11.5 Å². The summed E-state index contributed by atoms with van der Waals surface area (Å²) in [4.78, 5) is 21.1. The van der Waals surface area contributed by atoms with Crippen molar-refractivity contribution < 1.29 is 14.3 Å². The maximum Gasteiger partial charge on any atom is 0.248 e. The number of amides is 2. The first-order valence-electron chi connectivity index (χ1n) is 4.40. The number of rotatable bonds is 5. The highest BCUT2D eigenvalue weighted by atomic mass is 16.5. The Morgan fingerprint density at radius 1 is 1.13 bits per heavy atom. The lowest BCUT2D eigenvalue weighted by Gasteiger charge is -2.04. The summed E-state index contributed by atoms with van der Waals surface area (Å²) in [6.07, 6.45) is 0.164. The third kappa shape index (κ3) is 3.68. The van der Waals surface area contributed by atoms with Crippen LogP contribution < -0.4 is 16.2 Å². The topological polar surface area (TPSA) is 95.4 Å². The fraction of sp³-hybridized carbons (Fsp3) is 0.200. The summed E-state index contributed by atoms with van der Waals surface area (Å²) in [5.41, 5.74) is 10.4. The van der Waals surface area contributed by atoms with Crippen molar-refractivity contribution >= 4 is 11.8 Å². The van der Waals surface area contributed by atoms with Gasteiger partial charge in [0.15, 0.2) is 0 Å². The van der Waals surface area contributed by atoms with E-state index in [1.807, 2.05) is 0 Å². The van der Waals surface area contributed by atoms with E-state index >= 15 is 0 Å². The molecule has 0 heterocycles. The van der Waals surface area contributed by atoms with E-state index in [0.29, 0.717) is 11.3 Å². The van der Waals surface area contributed by atoms with Gasteiger partial charge in [-0.05, 0) is 24.3 Å². The highest BCUT2D eigenvalue weighted by Gasteiger charge is 2.00. The van der Waals surface area contributed by atoms with Gasteiger partial charge in [0, 0.05) is 5.56 Å². The van der Waals surface area contributed by atoms with Crippen molar-refractivity contribution in [3.05, 3.63) is 29.8 Å². The molecule has 80 valence electrons. The molecule has 0 aromatic heterocycles. The molecule has 5 nitrogen and oxygen atoms in total. The number of carbonyl (C=O) groups is 2. The monoisotopic (exact) mass is 208 g/mol. The molecule has 0 unspecified atom stereocenters. The molecule has 1 aromatic carbocycles. The van der Waals surface area contributed by atoms with E-state index in [1.54, 1.807) is 24.3 Å². The zero-order chi connectivity index (χ0) is 11.3. The van der Waals surface area contributed by atoms with Crippen LogP contribution in [0.1, 0.15) is 16.8 Å². The molecule has 0 radical (unpaired) electrons. The van der Waals surface area contributed by atoms with Crippen molar-refractivity contribution in [1.29, 1.82) is 0 Å². The first-order chi connectivity index (χ1) is 7.09. The third-order valence-electron chi connectivity index (χ3n) is 1.76. The van der Waals surface area contributed by atoms with Crippen LogP contribution >= 0.6 is 0 Å². The van der Waals surface area contributed by atoms with Crippen LogP contribution in [0.2, 0.25) is 0 Å². The molecule has 0 saturated carbocycles. The zero-order valence-corrected chi connectivity index (χ0v) is 8.10. The van der Waals surface area contributed by atoms with Crippen molar-refractivity contribution in [3.8, 4) is 5.75 Å². The van der Waals surface area contributed by atoms with Gasteiger partial charge in [0.05, 0.1) is 13.0 Å². The van der Waals surface area contributed by atoms with Crippen molar-refractivity contribution in [3.63, 3.8) is 0 Å². The number of benzene rings is 1. The van der Waals surface area contributed by atoms with Gasteiger partial charge in [-0.2, -0.15) is 0 Å². The molecule has 15 heavy (non-hydrogen) atoms. The van der Waals surface area contributed by atoms with E-state index < -0.39 is 11.8 Å². The Labute approximate surface area is 87.0 Å². The van der Waals surface area contributed by atoms with Crippen molar-refractivity contribution in [1.82, 2.24) is 0 Å². The van der Waals surface area contributed by atoms with Crippen molar-refractivity contribution in [2.75, 3.05) is 6.61 Å². The quantitative estimate of drug-likeness (QED) is 0.715. The van der Waals surface area contributed by atoms with Crippen LogP contribution in [0.25, 0.3) is 0 Å². The minimum Gasteiger partial charge on any atom is -0.493 e. The van der Waals surface area contributed by atoms with Gasteiger partial charge in [0.2, 0.25) is 11.8 Å². The van der Waals surface area contributed by atoms with E-state index in [4.69, 9.17) is 16.2 Å². The number of hydrogen-bond acceptors (Lipinski definition) is 3. The standard InChI is InChI=1S/C10H12N2O3/c11-9(13)5-6-15-8-3-1-7(2-4-8)10(12)14/h1-4H,5-6H2,(H2,11,13)(H2,12,14). The SMILES string of the molecule is NC(=O)CCOc1ccc(C(N)=O)cc1. The second kappa shape index (κ2) is 4.99. The predicted molar refractivity (Wildman–Crippen MR) is 54.3 cm³/mol. The minimum absolute atomic E-state index is 0.164. The molecule has 5 heteroatoms. The lowest BCUT2D eigenvalue weighted by molar-refractivity contribution is -0.118. The number of carbonyl (C=O) groups excluding carboxylic acids is 2. The molecule has 4 N–H and O–H groups in total. The maximum atomic E-state index is 10.7. The Bertz CT molecular complexity index is 359. The Morgan fingerprint density at radius 3 is 2.20 bits per heavy atom. The summed E-state index contributed by atoms with van der Waals surface area (Å²) in [6.45, 7) is 0.227. The Balaban J connectivity index is 2.50. The molecule has 1 rings (SSSR count). The number of primary amides is 2. The van der Waals surface area contributed by atoms with Crippen molar-refractivity contribution in [2.45, 2.75) is 6.42 Å². The van der Waals surface area contributed by atoms with Crippen LogP contribution in [-0.4, -0.2) is 18.4 Å². The summed E-state index contributed by atoms with van der Waals surface area (Å²) in [5.74, 6) is -0.330. The normalized spacial score (nSPS) is 9.60. The van der Waals surface area contributed by atoms with Gasteiger partial charge in [-0.15, -0.1) is 0 Å². The van der Waals surface area contributed by atoms with E-state index in [0.717, 1.165) is 0 Å². The second-order valence-corrected chi connectivity index (χ2v) is 2.95. The van der Waals surface area contributed by atoms with Crippen LogP contribution in [0.15, 0.2) is 24.3 Å². The minimum atomic E-state index is -0.487. The van der Waals surface area contributed by atoms with Crippen LogP contribution in [-0.2, 0) is 4.79 Å². The first-order valence-corrected chi connectivity index (χ1v) is 4.40. The van der Waals surface area contributed by atoms with E-state index in [-0.39, 0.29) is 13.0 Å². The number of nitrogens with two attached hydrogens (primary N) is 2. The molecule has 0 bridgehead atoms. The average Bonchev–Trinajstić information content (AvgIpc) is 2.18. The van der Waals surface area contributed by atoms with Crippen LogP contribution in [0, 0.1) is 0 Å². The molecule has 1 aromatic rings. The molecular weight excluding hydrogens is 196 g/mol. The Hall–Kier alpha value is -2.04. The number of hydrogen-bond donors (Lipinski definition) is 2. The highest BCUT2D eigenvalue weighted by Crippen LogP contribution is 2.11. The summed E-state index contributed by atoms with van der Waals surface area (Å²) in [7, 11) is 0. The smallest absolute Gasteiger partial charge is 0.248 e. The summed E-state index contributed by atoms with van der Waals surface area (Å²) in [6, 6.07) is 6.34. The van der Waals surface area contributed by atoms with Gasteiger partial charge >= 0.3 is 0 Å². The average molecular weight is 208 g/mol. The van der Waals surface area contributed by atoms with Gasteiger partial charge in [-0.1, -0.05) is 0 Å². The van der Waals surface area contributed by atoms with Gasteiger partial charge in [-0.3, -0.25) is 9.59 Å². The summed E-state index contributed by atoms with van der Waals surface area (Å²) >= 11 is 0. The third-order valence-corrected chi connectivity index (χ3v) is 1.76. The molecule has 0 aliphatic heterocycles. The lowest BCUT2D eigenvalue weighted by atomic mass is 10.2. The molecule has 0 aliphatic rings. The summed E-state index contributed by atoms with van der Waals surface area (Å²) in [5, 5.41) is 0. The highest BCUT2D eigenvalue weighted by molar-refractivity contribution is 5.92. The molecule has 0 spiro atoms. The van der Waals surface area contributed by atoms with Crippen LogP contribution in [0.3, 0.4) is 0 Å². The van der Waals surface area contributed by atoms with Gasteiger partial charge in [-0.25, -0.2) is 0 Å². The second-order valence-electron chi connectivity index (χ2n) is 2.95. The number of ether oxygens (including phenoxy) is 1. The Morgan fingerprint density at radius 2 is 1.73 bits per heavy atom. The first kappa shape index (κ1) is 11.0. The lowest BCUT2D eigenvalue weighted by Crippen LogP contribution is -2.14. The van der Waals surface area contributed by atoms with E-state index in [2.05, 4.69) is 0 Å². The Kier molecular flexibility index (Phi) is 3.68. The molecule has 0 atom stereocenters. The largest absolute Gasteiger partial charge is 0.493 e. The predicted octanol–water partition coefficient (Wildman–Crippen LogP) is 0.0397. The zero-order valence-electron chi connectivity index (χ0n) is 8.10. The van der Waals surface area contributed by atoms with Gasteiger partial charge in [0.1, 0.15) is 5.75 Å². The fourth-order valence-electron chi connectivity index (χ4n) is 0.985. The molecule has 0 fully saturated rings. The molecule has 2 amide bonds. The molecule has 0 aliphatic carbocycles. The van der Waals surface area contributed by atoms with Crippen LogP contribution in [0.5, 0.6) is 5.75 Å².